The summed E-state index contributed by atoms with van der Waals surface area (Å²) >= 11 is 0. The van der Waals surface area contributed by atoms with Crippen molar-refractivity contribution in [1.29, 1.82) is 0 Å². The van der Waals surface area contributed by atoms with E-state index in [1.54, 1.807) is 18.3 Å². The SMILES string of the molecule is CCC/C(=C\c1ccc[nH]1)[N+](=O)[O-]. The predicted molar refractivity (Wildman–Crippen MR) is 50.7 cm³/mol. The fourth-order valence-electron chi connectivity index (χ4n) is 1.09. The molecule has 1 aromatic rings. The summed E-state index contributed by atoms with van der Waals surface area (Å²) in [7, 11) is 0. The van der Waals surface area contributed by atoms with E-state index in [1.165, 1.54) is 0 Å². The molecule has 0 saturated heterocycles. The molecule has 1 rings (SSSR count). The van der Waals surface area contributed by atoms with Gasteiger partial charge in [-0.05, 0) is 18.6 Å². The van der Waals surface area contributed by atoms with Crippen molar-refractivity contribution in [3.05, 3.63) is 39.8 Å². The van der Waals surface area contributed by atoms with Crippen molar-refractivity contribution in [2.45, 2.75) is 19.8 Å². The molecule has 0 bridgehead atoms. The summed E-state index contributed by atoms with van der Waals surface area (Å²) in [6.07, 6.45) is 4.61. The zero-order chi connectivity index (χ0) is 9.68. The summed E-state index contributed by atoms with van der Waals surface area (Å²) in [5.41, 5.74) is 1.03. The van der Waals surface area contributed by atoms with E-state index in [0.717, 1.165) is 12.1 Å². The fraction of sp³-hybridized carbons (Fsp3) is 0.333. The van der Waals surface area contributed by atoms with Gasteiger partial charge in [0.2, 0.25) is 5.70 Å². The third-order valence-corrected chi connectivity index (χ3v) is 1.68. The molecule has 0 saturated carbocycles. The average molecular weight is 180 g/mol. The van der Waals surface area contributed by atoms with Crippen LogP contribution in [0, 0.1) is 10.1 Å². The van der Waals surface area contributed by atoms with Gasteiger partial charge in [-0.25, -0.2) is 0 Å². The number of hydrogen-bond acceptors (Lipinski definition) is 2. The molecule has 1 N–H and O–H groups in total. The molecule has 13 heavy (non-hydrogen) atoms. The van der Waals surface area contributed by atoms with Gasteiger partial charge in [-0.1, -0.05) is 6.92 Å². The van der Waals surface area contributed by atoms with E-state index < -0.39 is 0 Å². The maximum absolute atomic E-state index is 10.5. The minimum Gasteiger partial charge on any atom is -0.361 e. The van der Waals surface area contributed by atoms with Gasteiger partial charge < -0.3 is 4.98 Å². The van der Waals surface area contributed by atoms with E-state index in [4.69, 9.17) is 0 Å². The van der Waals surface area contributed by atoms with Crippen LogP contribution in [-0.2, 0) is 0 Å². The summed E-state index contributed by atoms with van der Waals surface area (Å²) < 4.78 is 0. The Balaban J connectivity index is 2.80. The molecular weight excluding hydrogens is 168 g/mol. The fourth-order valence-corrected chi connectivity index (χ4v) is 1.09. The summed E-state index contributed by atoms with van der Waals surface area (Å²) in [4.78, 5) is 13.1. The lowest BCUT2D eigenvalue weighted by Crippen LogP contribution is -1.97. The van der Waals surface area contributed by atoms with Gasteiger partial charge in [0.05, 0.1) is 4.92 Å². The molecule has 0 fully saturated rings. The zero-order valence-electron chi connectivity index (χ0n) is 7.49. The first-order chi connectivity index (χ1) is 6.24. The second-order valence-electron chi connectivity index (χ2n) is 2.77. The summed E-state index contributed by atoms with van der Waals surface area (Å²) in [5.74, 6) is 0. The smallest absolute Gasteiger partial charge is 0.248 e. The molecule has 0 radical (unpaired) electrons. The molecule has 1 heterocycles. The van der Waals surface area contributed by atoms with Gasteiger partial charge in [-0.2, -0.15) is 0 Å². The quantitative estimate of drug-likeness (QED) is 0.571. The van der Waals surface area contributed by atoms with Crippen LogP contribution in [-0.4, -0.2) is 9.91 Å². The van der Waals surface area contributed by atoms with Gasteiger partial charge in [0.15, 0.2) is 0 Å². The minimum absolute atomic E-state index is 0.255. The van der Waals surface area contributed by atoms with E-state index in [0.29, 0.717) is 6.42 Å². The molecule has 1 aromatic heterocycles. The minimum atomic E-state index is -0.329. The summed E-state index contributed by atoms with van der Waals surface area (Å²) in [6, 6.07) is 3.62. The Morgan fingerprint density at radius 1 is 1.77 bits per heavy atom. The molecular formula is C9H12N2O2. The second kappa shape index (κ2) is 4.45. The largest absolute Gasteiger partial charge is 0.361 e. The third-order valence-electron chi connectivity index (χ3n) is 1.68. The molecule has 0 aliphatic rings. The lowest BCUT2D eigenvalue weighted by molar-refractivity contribution is -0.426. The number of nitrogens with zero attached hydrogens (tertiary/aromatic N) is 1. The standard InChI is InChI=1S/C9H12N2O2/c1-2-4-9(11(12)13)7-8-5-3-6-10-8/h3,5-7,10H,2,4H2,1H3/b9-7+. The van der Waals surface area contributed by atoms with Crippen LogP contribution in [0.1, 0.15) is 25.5 Å². The van der Waals surface area contributed by atoms with E-state index in [-0.39, 0.29) is 10.6 Å². The Morgan fingerprint density at radius 2 is 2.54 bits per heavy atom. The van der Waals surface area contributed by atoms with Crippen LogP contribution in [0.25, 0.3) is 6.08 Å². The summed E-state index contributed by atoms with van der Waals surface area (Å²) in [5, 5.41) is 10.5. The Bertz CT molecular complexity index is 301. The lowest BCUT2D eigenvalue weighted by atomic mass is 10.2. The second-order valence-corrected chi connectivity index (χ2v) is 2.77. The highest BCUT2D eigenvalue weighted by atomic mass is 16.6. The molecule has 0 aromatic carbocycles. The molecule has 70 valence electrons. The summed E-state index contributed by atoms with van der Waals surface area (Å²) in [6.45, 7) is 1.92. The highest BCUT2D eigenvalue weighted by molar-refractivity contribution is 5.46. The zero-order valence-corrected chi connectivity index (χ0v) is 7.49. The number of nitrogens with one attached hydrogen (secondary N) is 1. The lowest BCUT2D eigenvalue weighted by Gasteiger charge is -1.94. The molecule has 0 atom stereocenters. The van der Waals surface area contributed by atoms with Crippen molar-refractivity contribution < 1.29 is 4.92 Å². The Hall–Kier alpha value is -1.58. The third kappa shape index (κ3) is 2.74. The number of H-pyrrole nitrogens is 1. The number of rotatable bonds is 4. The average Bonchev–Trinajstić information content (AvgIpc) is 2.56. The van der Waals surface area contributed by atoms with Crippen LogP contribution >= 0.6 is 0 Å². The molecule has 0 aliphatic carbocycles. The topological polar surface area (TPSA) is 58.9 Å². The normalized spacial score (nSPS) is 11.6. The monoisotopic (exact) mass is 180 g/mol. The van der Waals surface area contributed by atoms with Crippen molar-refractivity contribution in [2.75, 3.05) is 0 Å². The molecule has 4 nitrogen and oxygen atoms in total. The highest BCUT2D eigenvalue weighted by Gasteiger charge is 2.08. The van der Waals surface area contributed by atoms with Gasteiger partial charge in [0.25, 0.3) is 0 Å². The number of aromatic nitrogens is 1. The first-order valence-electron chi connectivity index (χ1n) is 4.22. The van der Waals surface area contributed by atoms with Gasteiger partial charge >= 0.3 is 0 Å². The van der Waals surface area contributed by atoms with E-state index in [1.807, 2.05) is 13.0 Å². The molecule has 0 unspecified atom stereocenters. The van der Waals surface area contributed by atoms with Crippen LogP contribution in [0.4, 0.5) is 0 Å². The maximum Gasteiger partial charge on any atom is 0.248 e. The van der Waals surface area contributed by atoms with Crippen molar-refractivity contribution in [3.63, 3.8) is 0 Å². The highest BCUT2D eigenvalue weighted by Crippen LogP contribution is 2.10. The number of allylic oxidation sites excluding steroid dienone is 1. The van der Waals surface area contributed by atoms with Gasteiger partial charge in [-0.15, -0.1) is 0 Å². The van der Waals surface area contributed by atoms with Gasteiger partial charge in [-0.3, -0.25) is 10.1 Å². The Morgan fingerprint density at radius 3 is 3.00 bits per heavy atom. The van der Waals surface area contributed by atoms with Gasteiger partial charge in [0, 0.05) is 24.4 Å². The molecule has 0 aliphatic heterocycles. The van der Waals surface area contributed by atoms with Crippen molar-refractivity contribution >= 4 is 6.08 Å². The van der Waals surface area contributed by atoms with Crippen molar-refractivity contribution in [1.82, 2.24) is 4.98 Å². The van der Waals surface area contributed by atoms with E-state index in [9.17, 15) is 10.1 Å². The van der Waals surface area contributed by atoms with E-state index >= 15 is 0 Å². The van der Waals surface area contributed by atoms with E-state index in [2.05, 4.69) is 4.98 Å². The van der Waals surface area contributed by atoms with Crippen LogP contribution < -0.4 is 0 Å². The molecule has 0 spiro atoms. The van der Waals surface area contributed by atoms with Crippen LogP contribution in [0.15, 0.2) is 24.0 Å². The Kier molecular flexibility index (Phi) is 3.25. The number of nitro groups is 1. The first-order valence-corrected chi connectivity index (χ1v) is 4.22. The first kappa shape index (κ1) is 9.51. The molecule has 0 amide bonds. The van der Waals surface area contributed by atoms with Crippen LogP contribution in [0.5, 0.6) is 0 Å². The van der Waals surface area contributed by atoms with Crippen molar-refractivity contribution in [2.24, 2.45) is 0 Å². The predicted octanol–water partition coefficient (Wildman–Crippen LogP) is 2.43. The van der Waals surface area contributed by atoms with Crippen LogP contribution in [0.2, 0.25) is 0 Å². The maximum atomic E-state index is 10.5. The van der Waals surface area contributed by atoms with Crippen molar-refractivity contribution in [3.8, 4) is 0 Å². The van der Waals surface area contributed by atoms with Gasteiger partial charge in [0.1, 0.15) is 0 Å². The van der Waals surface area contributed by atoms with Crippen LogP contribution in [0.3, 0.4) is 0 Å². The Labute approximate surface area is 76.4 Å². The number of hydrogen-bond donors (Lipinski definition) is 1. The molecule has 4 heteroatoms. The number of aromatic amines is 1.